The first-order valence-corrected chi connectivity index (χ1v) is 15.3. The smallest absolute Gasteiger partial charge is 0.432 e. The average Bonchev–Trinajstić information content (AvgIpc) is 2.93. The fourth-order valence-corrected chi connectivity index (χ4v) is 7.17. The summed E-state index contributed by atoms with van der Waals surface area (Å²) in [6, 6.07) is 4.15. The van der Waals surface area contributed by atoms with Crippen LogP contribution in [0.15, 0.2) is 48.6 Å². The van der Waals surface area contributed by atoms with Gasteiger partial charge in [-0.05, 0) is 151 Å². The Balaban J connectivity index is 1.15. The molecule has 2 nitrogen and oxygen atoms in total. The highest BCUT2D eigenvalue weighted by Crippen LogP contribution is 2.46. The fourth-order valence-electron chi connectivity index (χ4n) is 7.17. The first kappa shape index (κ1) is 30.9. The van der Waals surface area contributed by atoms with Gasteiger partial charge in [-0.3, -0.25) is 0 Å². The summed E-state index contributed by atoms with van der Waals surface area (Å²) in [7, 11) is 0. The molecule has 7 heteroatoms. The second-order valence-corrected chi connectivity index (χ2v) is 12.3. The van der Waals surface area contributed by atoms with Gasteiger partial charge >= 0.3 is 12.5 Å². The maximum Gasteiger partial charge on any atom is 0.573 e. The number of hydrogen-bond donors (Lipinski definition) is 0. The van der Waals surface area contributed by atoms with E-state index in [4.69, 9.17) is 4.74 Å². The van der Waals surface area contributed by atoms with Crippen LogP contribution in [-0.4, -0.2) is 12.5 Å². The van der Waals surface area contributed by atoms with Gasteiger partial charge < -0.3 is 9.47 Å². The average molecular weight is 569 g/mol. The van der Waals surface area contributed by atoms with E-state index in [1.54, 1.807) is 0 Å². The molecule has 1 aromatic rings. The van der Waals surface area contributed by atoms with Crippen molar-refractivity contribution in [3.63, 3.8) is 0 Å². The largest absolute Gasteiger partial charge is 0.573 e. The van der Waals surface area contributed by atoms with E-state index in [2.05, 4.69) is 36.0 Å². The van der Waals surface area contributed by atoms with Crippen LogP contribution in [-0.2, 0) is 0 Å². The third-order valence-electron chi connectivity index (χ3n) is 9.57. The third kappa shape index (κ3) is 9.51. The molecule has 0 heterocycles. The van der Waals surface area contributed by atoms with Crippen LogP contribution in [0.5, 0.6) is 11.5 Å². The summed E-state index contributed by atoms with van der Waals surface area (Å²) < 4.78 is 75.4. The molecule has 0 atom stereocenters. The molecule has 0 radical (unpaired) electrons. The van der Waals surface area contributed by atoms with E-state index in [0.29, 0.717) is 30.6 Å². The van der Waals surface area contributed by atoms with Gasteiger partial charge in [-0.15, -0.1) is 13.2 Å². The van der Waals surface area contributed by atoms with Crippen molar-refractivity contribution >= 4 is 0 Å². The quantitative estimate of drug-likeness (QED) is 0.206. The van der Waals surface area contributed by atoms with Crippen LogP contribution in [0, 0.1) is 35.5 Å². The molecule has 0 aliphatic heterocycles. The molecule has 0 saturated heterocycles. The zero-order chi connectivity index (χ0) is 28.6. The van der Waals surface area contributed by atoms with Gasteiger partial charge in [-0.25, -0.2) is 0 Å². The molecule has 224 valence electrons. The lowest BCUT2D eigenvalue weighted by Crippen LogP contribution is -2.38. The standard InChI is InChI=1S/C33H45F5O2/c1-2-3-4-5-24-6-8-25(9-7-24)10-11-26-12-14-27(15-13-26)28-16-18-29(19-17-28)32(34,35)39-30-20-22-31(23-21-30)40-33(36,37)38/h2-3,10-11,20-29H,4-9,12-19H2,1H3/b3-2+,11-10+. The lowest BCUT2D eigenvalue weighted by Gasteiger charge is -2.39. The third-order valence-corrected chi connectivity index (χ3v) is 9.57. The second kappa shape index (κ2) is 14.2. The predicted molar refractivity (Wildman–Crippen MR) is 148 cm³/mol. The maximum atomic E-state index is 14.9. The molecule has 0 bridgehead atoms. The van der Waals surface area contributed by atoms with Crippen LogP contribution in [0.25, 0.3) is 0 Å². The van der Waals surface area contributed by atoms with Crippen molar-refractivity contribution in [2.24, 2.45) is 35.5 Å². The van der Waals surface area contributed by atoms with E-state index in [0.717, 1.165) is 48.9 Å². The van der Waals surface area contributed by atoms with E-state index in [9.17, 15) is 22.0 Å². The molecular weight excluding hydrogens is 523 g/mol. The topological polar surface area (TPSA) is 18.5 Å². The van der Waals surface area contributed by atoms with Crippen LogP contribution in [0.1, 0.15) is 96.8 Å². The maximum absolute atomic E-state index is 14.9. The van der Waals surface area contributed by atoms with Crippen LogP contribution >= 0.6 is 0 Å². The van der Waals surface area contributed by atoms with Crippen molar-refractivity contribution in [1.29, 1.82) is 0 Å². The Morgan fingerprint density at radius 3 is 1.65 bits per heavy atom. The minimum absolute atomic E-state index is 0.162. The fraction of sp³-hybridized carbons (Fsp3) is 0.697. The zero-order valence-corrected chi connectivity index (χ0v) is 23.7. The van der Waals surface area contributed by atoms with Crippen LogP contribution in [0.4, 0.5) is 22.0 Å². The minimum Gasteiger partial charge on any atom is -0.432 e. The highest BCUT2D eigenvalue weighted by atomic mass is 19.4. The van der Waals surface area contributed by atoms with Crippen molar-refractivity contribution in [3.05, 3.63) is 48.6 Å². The molecule has 40 heavy (non-hydrogen) atoms. The van der Waals surface area contributed by atoms with Gasteiger partial charge in [0.25, 0.3) is 0 Å². The molecule has 0 N–H and O–H groups in total. The van der Waals surface area contributed by atoms with E-state index in [1.165, 1.54) is 64.2 Å². The number of alkyl halides is 5. The Bertz CT molecular complexity index is 931. The summed E-state index contributed by atoms with van der Waals surface area (Å²) in [5.41, 5.74) is 0. The Hall–Kier alpha value is -2.05. The van der Waals surface area contributed by atoms with Gasteiger partial charge in [0, 0.05) is 0 Å². The summed E-state index contributed by atoms with van der Waals surface area (Å²) in [5, 5.41) is 0. The first-order chi connectivity index (χ1) is 19.1. The van der Waals surface area contributed by atoms with Crippen LogP contribution in [0.2, 0.25) is 0 Å². The highest BCUT2D eigenvalue weighted by molar-refractivity contribution is 5.31. The highest BCUT2D eigenvalue weighted by Gasteiger charge is 2.45. The first-order valence-electron chi connectivity index (χ1n) is 15.3. The van der Waals surface area contributed by atoms with Crippen molar-refractivity contribution in [2.45, 2.75) is 109 Å². The lowest BCUT2D eigenvalue weighted by atomic mass is 9.69. The van der Waals surface area contributed by atoms with Crippen molar-refractivity contribution in [3.8, 4) is 11.5 Å². The van der Waals surface area contributed by atoms with Crippen molar-refractivity contribution < 1.29 is 31.4 Å². The molecule has 3 saturated carbocycles. The second-order valence-electron chi connectivity index (χ2n) is 12.3. The molecule has 0 aromatic heterocycles. The van der Waals surface area contributed by atoms with Gasteiger partial charge in [0.1, 0.15) is 11.5 Å². The molecule has 3 aliphatic carbocycles. The van der Waals surface area contributed by atoms with E-state index < -0.39 is 24.1 Å². The van der Waals surface area contributed by atoms with Gasteiger partial charge in [0.05, 0.1) is 5.92 Å². The van der Waals surface area contributed by atoms with Crippen molar-refractivity contribution in [2.75, 3.05) is 0 Å². The van der Waals surface area contributed by atoms with Gasteiger partial charge in [-0.1, -0.05) is 24.3 Å². The Morgan fingerprint density at radius 1 is 0.675 bits per heavy atom. The number of rotatable bonds is 10. The molecule has 1 aromatic carbocycles. The van der Waals surface area contributed by atoms with Crippen LogP contribution < -0.4 is 9.47 Å². The molecule has 0 amide bonds. The van der Waals surface area contributed by atoms with Crippen molar-refractivity contribution in [1.82, 2.24) is 0 Å². The SMILES string of the molecule is C/C=C/CCC1CCC(/C=C/C2CCC(C3CCC(C(F)(F)Oc4ccc(OC(F)(F)F)cc4)CC3)CC2)CC1. The Labute approximate surface area is 236 Å². The van der Waals surface area contributed by atoms with Gasteiger partial charge in [-0.2, -0.15) is 8.78 Å². The molecule has 0 spiro atoms. The predicted octanol–water partition coefficient (Wildman–Crippen LogP) is 10.9. The molecule has 4 rings (SSSR count). The number of allylic oxidation sites excluding steroid dienone is 4. The Kier molecular flexibility index (Phi) is 11.0. The molecule has 3 aliphatic rings. The summed E-state index contributed by atoms with van der Waals surface area (Å²) >= 11 is 0. The molecule has 3 fully saturated rings. The minimum atomic E-state index is -4.83. The molecule has 0 unspecified atom stereocenters. The number of ether oxygens (including phenoxy) is 2. The van der Waals surface area contributed by atoms with Gasteiger partial charge in [0.15, 0.2) is 0 Å². The zero-order valence-electron chi connectivity index (χ0n) is 23.7. The molecular formula is C33H45F5O2. The lowest BCUT2D eigenvalue weighted by molar-refractivity contribution is -0.274. The number of halogens is 5. The summed E-state index contributed by atoms with van der Waals surface area (Å²) in [4.78, 5) is 0. The number of benzene rings is 1. The normalized spacial score (nSPS) is 30.6. The van der Waals surface area contributed by atoms with E-state index in [-0.39, 0.29) is 5.75 Å². The summed E-state index contributed by atoms with van der Waals surface area (Å²) in [6.45, 7) is 2.09. The number of hydrogen-bond acceptors (Lipinski definition) is 2. The monoisotopic (exact) mass is 568 g/mol. The van der Waals surface area contributed by atoms with E-state index >= 15 is 0 Å². The summed E-state index contributed by atoms with van der Waals surface area (Å²) in [5.74, 6) is 1.89. The van der Waals surface area contributed by atoms with E-state index in [1.807, 2.05) is 0 Å². The van der Waals surface area contributed by atoms with Gasteiger partial charge in [0.2, 0.25) is 0 Å². The Morgan fingerprint density at radius 2 is 1.15 bits per heavy atom. The summed E-state index contributed by atoms with van der Waals surface area (Å²) in [6.07, 6.45) is 16.3. The van der Waals surface area contributed by atoms with Crippen LogP contribution in [0.3, 0.4) is 0 Å².